The molecule has 120 valence electrons. The van der Waals surface area contributed by atoms with Crippen LogP contribution in [0, 0.1) is 0 Å². The predicted molar refractivity (Wildman–Crippen MR) is 95.7 cm³/mol. The lowest BCUT2D eigenvalue weighted by Crippen LogP contribution is -2.29. The average Bonchev–Trinajstić information content (AvgIpc) is 2.53. The highest BCUT2D eigenvalue weighted by Gasteiger charge is 2.12. The van der Waals surface area contributed by atoms with E-state index >= 15 is 0 Å². The van der Waals surface area contributed by atoms with Gasteiger partial charge in [0, 0.05) is 9.50 Å². The van der Waals surface area contributed by atoms with Crippen LogP contribution in [-0.4, -0.2) is 18.7 Å². The molecule has 0 heterocycles. The van der Waals surface area contributed by atoms with Crippen LogP contribution in [0.25, 0.3) is 0 Å². The number of nitrogens with one attached hydrogen (secondary N) is 1. The van der Waals surface area contributed by atoms with Crippen molar-refractivity contribution < 1.29 is 9.63 Å². The van der Waals surface area contributed by atoms with Crippen LogP contribution >= 0.6 is 27.5 Å². The number of benzene rings is 2. The Hall–Kier alpha value is -1.85. The van der Waals surface area contributed by atoms with Gasteiger partial charge >= 0.3 is 0 Å². The molecule has 0 aliphatic heterocycles. The van der Waals surface area contributed by atoms with Crippen molar-refractivity contribution in [1.29, 1.82) is 0 Å². The fourth-order valence-corrected chi connectivity index (χ4v) is 2.68. The molecule has 23 heavy (non-hydrogen) atoms. The molecule has 4 nitrogen and oxygen atoms in total. The molecule has 1 amide bonds. The van der Waals surface area contributed by atoms with Gasteiger partial charge in [0.2, 0.25) is 0 Å². The van der Waals surface area contributed by atoms with Gasteiger partial charge in [-0.3, -0.25) is 4.79 Å². The van der Waals surface area contributed by atoms with E-state index < -0.39 is 0 Å². The van der Waals surface area contributed by atoms with Crippen LogP contribution in [0.1, 0.15) is 24.1 Å². The second-order valence-corrected chi connectivity index (χ2v) is 6.16. The highest BCUT2D eigenvalue weighted by atomic mass is 79.9. The molecule has 1 N–H and O–H groups in total. The number of carbonyl (C=O) groups is 1. The third kappa shape index (κ3) is 5.69. The summed E-state index contributed by atoms with van der Waals surface area (Å²) in [6.45, 7) is 1.77. The van der Waals surface area contributed by atoms with Crippen molar-refractivity contribution in [2.45, 2.75) is 13.0 Å². The van der Waals surface area contributed by atoms with Crippen molar-refractivity contribution in [3.63, 3.8) is 0 Å². The van der Waals surface area contributed by atoms with Gasteiger partial charge in [-0.1, -0.05) is 63.0 Å². The third-order valence-corrected chi connectivity index (χ3v) is 4.07. The summed E-state index contributed by atoms with van der Waals surface area (Å²) in [5.41, 5.74) is 1.85. The molecule has 0 bridgehead atoms. The fourth-order valence-electron chi connectivity index (χ4n) is 1.93. The number of hydrogen-bond donors (Lipinski definition) is 1. The maximum atomic E-state index is 11.9. The molecule has 0 unspecified atom stereocenters. The zero-order chi connectivity index (χ0) is 16.7. The minimum Gasteiger partial charge on any atom is -0.386 e. The van der Waals surface area contributed by atoms with E-state index in [-0.39, 0.29) is 18.6 Å². The summed E-state index contributed by atoms with van der Waals surface area (Å²) in [6, 6.07) is 14.8. The van der Waals surface area contributed by atoms with E-state index in [1.807, 2.05) is 43.3 Å². The molecule has 2 aromatic rings. The summed E-state index contributed by atoms with van der Waals surface area (Å²) in [5, 5.41) is 7.28. The van der Waals surface area contributed by atoms with Crippen LogP contribution < -0.4 is 5.32 Å². The average molecular weight is 396 g/mol. The molecule has 0 saturated heterocycles. The Morgan fingerprint density at radius 1 is 1.30 bits per heavy atom. The van der Waals surface area contributed by atoms with E-state index in [0.717, 1.165) is 15.6 Å². The first kappa shape index (κ1) is 17.5. The first-order chi connectivity index (χ1) is 11.1. The van der Waals surface area contributed by atoms with E-state index in [1.165, 1.54) is 6.21 Å². The Morgan fingerprint density at radius 3 is 2.70 bits per heavy atom. The van der Waals surface area contributed by atoms with E-state index in [9.17, 15) is 4.79 Å². The second-order valence-electron chi connectivity index (χ2n) is 4.87. The molecule has 0 aliphatic carbocycles. The Kier molecular flexibility index (Phi) is 6.62. The van der Waals surface area contributed by atoms with Crippen LogP contribution in [0.2, 0.25) is 5.02 Å². The van der Waals surface area contributed by atoms with Gasteiger partial charge in [-0.15, -0.1) is 0 Å². The van der Waals surface area contributed by atoms with E-state index in [1.54, 1.807) is 12.1 Å². The molecular weight excluding hydrogens is 380 g/mol. The van der Waals surface area contributed by atoms with Crippen molar-refractivity contribution in [2.75, 3.05) is 6.61 Å². The minimum atomic E-state index is -0.235. The zero-order valence-electron chi connectivity index (χ0n) is 12.5. The smallest absolute Gasteiger partial charge is 0.261 e. The van der Waals surface area contributed by atoms with Crippen molar-refractivity contribution in [3.8, 4) is 0 Å². The summed E-state index contributed by atoms with van der Waals surface area (Å²) in [7, 11) is 0. The minimum absolute atomic E-state index is 0.123. The molecule has 0 aromatic heterocycles. The number of halogens is 2. The Morgan fingerprint density at radius 2 is 2.00 bits per heavy atom. The van der Waals surface area contributed by atoms with Crippen LogP contribution in [0.4, 0.5) is 0 Å². The summed E-state index contributed by atoms with van der Waals surface area (Å²) < 4.78 is 0.953. The maximum Gasteiger partial charge on any atom is 0.261 e. The Bertz CT molecular complexity index is 689. The number of rotatable bonds is 6. The van der Waals surface area contributed by atoms with Gasteiger partial charge in [0.1, 0.15) is 0 Å². The predicted octanol–water partition coefficient (Wildman–Crippen LogP) is 4.33. The lowest BCUT2D eigenvalue weighted by atomic mass is 10.1. The summed E-state index contributed by atoms with van der Waals surface area (Å²) in [6.07, 6.45) is 1.53. The van der Waals surface area contributed by atoms with E-state index in [0.29, 0.717) is 5.02 Å². The van der Waals surface area contributed by atoms with Crippen molar-refractivity contribution in [1.82, 2.24) is 5.32 Å². The highest BCUT2D eigenvalue weighted by Crippen LogP contribution is 2.22. The SMILES string of the molecule is C[C@@H](NC(=O)CO/N=C\c1ccc(Cl)cc1)c1ccccc1Br. The summed E-state index contributed by atoms with van der Waals surface area (Å²) in [4.78, 5) is 16.9. The molecule has 0 radical (unpaired) electrons. The van der Waals surface area contributed by atoms with E-state index in [4.69, 9.17) is 16.4 Å². The van der Waals surface area contributed by atoms with Crippen LogP contribution in [0.3, 0.4) is 0 Å². The lowest BCUT2D eigenvalue weighted by molar-refractivity contribution is -0.126. The van der Waals surface area contributed by atoms with Crippen molar-refractivity contribution >= 4 is 39.7 Å². The van der Waals surface area contributed by atoms with Gasteiger partial charge in [0.15, 0.2) is 6.61 Å². The largest absolute Gasteiger partial charge is 0.386 e. The first-order valence-electron chi connectivity index (χ1n) is 7.01. The van der Waals surface area contributed by atoms with Gasteiger partial charge in [-0.05, 0) is 36.2 Å². The molecule has 0 saturated carbocycles. The summed E-state index contributed by atoms with van der Waals surface area (Å²) in [5.74, 6) is -0.235. The van der Waals surface area contributed by atoms with Crippen molar-refractivity contribution in [3.05, 3.63) is 69.2 Å². The zero-order valence-corrected chi connectivity index (χ0v) is 14.8. The number of carbonyl (C=O) groups excluding carboxylic acids is 1. The third-order valence-electron chi connectivity index (χ3n) is 3.09. The van der Waals surface area contributed by atoms with Crippen LogP contribution in [-0.2, 0) is 9.63 Å². The van der Waals surface area contributed by atoms with Gasteiger partial charge in [-0.2, -0.15) is 0 Å². The van der Waals surface area contributed by atoms with E-state index in [2.05, 4.69) is 26.4 Å². The molecular formula is C17H16BrClN2O2. The number of amides is 1. The van der Waals surface area contributed by atoms with Gasteiger partial charge in [0.05, 0.1) is 12.3 Å². The molecule has 6 heteroatoms. The normalized spacial score (nSPS) is 12.1. The van der Waals surface area contributed by atoms with Gasteiger partial charge in [0.25, 0.3) is 5.91 Å². The second kappa shape index (κ2) is 8.70. The van der Waals surface area contributed by atoms with Crippen LogP contribution in [0.5, 0.6) is 0 Å². The van der Waals surface area contributed by atoms with Crippen molar-refractivity contribution in [2.24, 2.45) is 5.16 Å². The fraction of sp³-hybridized carbons (Fsp3) is 0.176. The molecule has 2 rings (SSSR count). The first-order valence-corrected chi connectivity index (χ1v) is 8.18. The highest BCUT2D eigenvalue weighted by molar-refractivity contribution is 9.10. The topological polar surface area (TPSA) is 50.7 Å². The monoisotopic (exact) mass is 394 g/mol. The molecule has 2 aromatic carbocycles. The maximum absolute atomic E-state index is 11.9. The molecule has 0 spiro atoms. The number of nitrogens with zero attached hydrogens (tertiary/aromatic N) is 1. The lowest BCUT2D eigenvalue weighted by Gasteiger charge is -2.15. The Balaban J connectivity index is 1.79. The van der Waals surface area contributed by atoms with Gasteiger partial charge in [-0.25, -0.2) is 0 Å². The quantitative estimate of drug-likeness (QED) is 0.584. The van der Waals surface area contributed by atoms with Crippen LogP contribution in [0.15, 0.2) is 58.2 Å². The standard InChI is InChI=1S/C17H16BrClN2O2/c1-12(15-4-2-3-5-16(15)18)21-17(22)11-23-20-10-13-6-8-14(19)9-7-13/h2-10,12H,11H2,1H3,(H,21,22)/b20-10-/t12-/m1/s1. The summed E-state index contributed by atoms with van der Waals surface area (Å²) >= 11 is 9.26. The number of oxime groups is 1. The molecule has 0 fully saturated rings. The van der Waals surface area contributed by atoms with Gasteiger partial charge < -0.3 is 10.2 Å². The Labute approximate surface area is 148 Å². The number of hydrogen-bond acceptors (Lipinski definition) is 3. The molecule has 1 atom stereocenters. The molecule has 0 aliphatic rings.